The first-order valence-corrected chi connectivity index (χ1v) is 9.39. The summed E-state index contributed by atoms with van der Waals surface area (Å²) in [5, 5.41) is 14.3. The third-order valence-electron chi connectivity index (χ3n) is 3.86. The second kappa shape index (κ2) is 6.49. The molecule has 0 amide bonds. The number of halogens is 3. The summed E-state index contributed by atoms with van der Waals surface area (Å²) in [6.45, 7) is 3.05. The molecule has 0 aromatic carbocycles. The zero-order valence-electron chi connectivity index (χ0n) is 14.1. The number of aromatic amines is 1. The minimum absolute atomic E-state index is 0.0498. The van der Waals surface area contributed by atoms with Crippen molar-refractivity contribution in [3.8, 4) is 0 Å². The molecule has 0 saturated carbocycles. The quantitative estimate of drug-likeness (QED) is 0.639. The number of rotatable bonds is 4. The van der Waals surface area contributed by atoms with Gasteiger partial charge in [0.05, 0.1) is 17.1 Å². The Morgan fingerprint density at radius 1 is 1.33 bits per heavy atom. The lowest BCUT2D eigenvalue weighted by Crippen LogP contribution is -2.42. The normalized spacial score (nSPS) is 17.1. The summed E-state index contributed by atoms with van der Waals surface area (Å²) in [7, 11) is -3.72. The molecule has 0 bridgehead atoms. The molecule has 1 aliphatic rings. The van der Waals surface area contributed by atoms with Gasteiger partial charge in [0.15, 0.2) is 27.0 Å². The lowest BCUT2D eigenvalue weighted by molar-refractivity contribution is -0.144. The SMILES string of the molecule is CCS(=O)(=O)c1ccc(NO)nc1N1N=c2nc(C(F)(F)F)[nH]c2=CC1C. The first-order valence-electron chi connectivity index (χ1n) is 7.73. The Morgan fingerprint density at radius 2 is 2.04 bits per heavy atom. The number of aromatic nitrogens is 3. The maximum absolute atomic E-state index is 12.9. The maximum Gasteiger partial charge on any atom is 0.449 e. The molecule has 0 spiro atoms. The highest BCUT2D eigenvalue weighted by Crippen LogP contribution is 2.29. The predicted molar refractivity (Wildman–Crippen MR) is 88.1 cm³/mol. The van der Waals surface area contributed by atoms with Crippen molar-refractivity contribution in [1.82, 2.24) is 15.0 Å². The van der Waals surface area contributed by atoms with Crippen molar-refractivity contribution in [2.24, 2.45) is 5.10 Å². The van der Waals surface area contributed by atoms with E-state index in [0.717, 1.165) is 5.01 Å². The number of nitrogens with zero attached hydrogens (tertiary/aromatic N) is 4. The summed E-state index contributed by atoms with van der Waals surface area (Å²) < 4.78 is 63.4. The highest BCUT2D eigenvalue weighted by Gasteiger charge is 2.35. The van der Waals surface area contributed by atoms with Crippen LogP contribution in [0, 0.1) is 0 Å². The van der Waals surface area contributed by atoms with Crippen LogP contribution in [0.15, 0.2) is 22.1 Å². The Morgan fingerprint density at radius 3 is 2.63 bits per heavy atom. The molecule has 27 heavy (non-hydrogen) atoms. The van der Waals surface area contributed by atoms with Crippen LogP contribution in [0.1, 0.15) is 19.7 Å². The van der Waals surface area contributed by atoms with E-state index in [1.165, 1.54) is 25.1 Å². The summed E-state index contributed by atoms with van der Waals surface area (Å²) in [6, 6.07) is 1.86. The number of imidazole rings is 1. The van der Waals surface area contributed by atoms with Crippen molar-refractivity contribution in [2.75, 3.05) is 16.2 Å². The van der Waals surface area contributed by atoms with Crippen molar-refractivity contribution in [3.05, 3.63) is 28.8 Å². The van der Waals surface area contributed by atoms with Gasteiger partial charge in [-0.05, 0) is 25.1 Å². The number of anilines is 2. The van der Waals surface area contributed by atoms with Crippen molar-refractivity contribution in [2.45, 2.75) is 31.0 Å². The van der Waals surface area contributed by atoms with Gasteiger partial charge in [0.1, 0.15) is 4.90 Å². The molecule has 2 aromatic heterocycles. The molecule has 3 N–H and O–H groups in total. The Hall–Kier alpha value is -2.67. The van der Waals surface area contributed by atoms with Gasteiger partial charge in [-0.15, -0.1) is 5.10 Å². The van der Waals surface area contributed by atoms with E-state index in [1.807, 2.05) is 0 Å². The third-order valence-corrected chi connectivity index (χ3v) is 5.61. The smallest absolute Gasteiger partial charge is 0.333 e. The van der Waals surface area contributed by atoms with Gasteiger partial charge in [-0.2, -0.15) is 13.2 Å². The summed E-state index contributed by atoms with van der Waals surface area (Å²) in [6.07, 6.45) is -3.25. The summed E-state index contributed by atoms with van der Waals surface area (Å²) in [5.41, 5.74) is 1.56. The average Bonchev–Trinajstić information content (AvgIpc) is 3.03. The van der Waals surface area contributed by atoms with Crippen LogP contribution in [-0.4, -0.2) is 40.4 Å². The predicted octanol–water partition coefficient (Wildman–Crippen LogP) is 0.642. The van der Waals surface area contributed by atoms with Crippen LogP contribution >= 0.6 is 0 Å². The number of fused-ring (bicyclic) bond motifs is 1. The van der Waals surface area contributed by atoms with Crippen molar-refractivity contribution in [1.29, 1.82) is 0 Å². The number of nitrogens with one attached hydrogen (secondary N) is 2. The third kappa shape index (κ3) is 3.47. The fourth-order valence-electron chi connectivity index (χ4n) is 2.51. The second-order valence-corrected chi connectivity index (χ2v) is 7.95. The van der Waals surface area contributed by atoms with Crippen LogP contribution < -0.4 is 21.3 Å². The lowest BCUT2D eigenvalue weighted by atomic mass is 10.2. The molecule has 2 aromatic rings. The highest BCUT2D eigenvalue weighted by atomic mass is 32.2. The Kier molecular flexibility index (Phi) is 4.59. The standard InChI is InChI=1S/C14H15F3N6O3S/c1-3-27(25,26)9-4-5-10(22-24)19-12(9)23-7(2)6-8-11(21-23)20-13(18-8)14(15,16)17/h4-7,24H,3H2,1-2H3,(H,19,22)(H,18,20,21). The molecular formula is C14H15F3N6O3S. The van der Waals surface area contributed by atoms with E-state index in [4.69, 9.17) is 5.21 Å². The van der Waals surface area contributed by atoms with E-state index in [0.29, 0.717) is 0 Å². The van der Waals surface area contributed by atoms with Crippen LogP contribution in [-0.2, 0) is 16.0 Å². The monoisotopic (exact) mass is 404 g/mol. The number of sulfone groups is 1. The molecule has 9 nitrogen and oxygen atoms in total. The van der Waals surface area contributed by atoms with Crippen molar-refractivity contribution >= 4 is 27.5 Å². The van der Waals surface area contributed by atoms with E-state index in [2.05, 4.69) is 20.1 Å². The van der Waals surface area contributed by atoms with Gasteiger partial charge in [0.25, 0.3) is 0 Å². The van der Waals surface area contributed by atoms with Crippen LogP contribution in [0.2, 0.25) is 0 Å². The molecule has 1 aliphatic heterocycles. The number of alkyl halides is 3. The maximum atomic E-state index is 12.9. The number of H-pyrrole nitrogens is 1. The fraction of sp³-hybridized carbons (Fsp3) is 0.357. The van der Waals surface area contributed by atoms with Crippen molar-refractivity contribution in [3.63, 3.8) is 0 Å². The number of hydrogen-bond donors (Lipinski definition) is 3. The van der Waals surface area contributed by atoms with Gasteiger partial charge in [-0.25, -0.2) is 23.4 Å². The molecule has 1 unspecified atom stereocenters. The summed E-state index contributed by atoms with van der Waals surface area (Å²) >= 11 is 0. The van der Waals surface area contributed by atoms with Gasteiger partial charge in [-0.1, -0.05) is 6.92 Å². The minimum Gasteiger partial charge on any atom is -0.333 e. The van der Waals surface area contributed by atoms with Crippen LogP contribution in [0.3, 0.4) is 0 Å². The molecule has 146 valence electrons. The van der Waals surface area contributed by atoms with E-state index in [1.54, 1.807) is 12.4 Å². The van der Waals surface area contributed by atoms with E-state index >= 15 is 0 Å². The largest absolute Gasteiger partial charge is 0.449 e. The Labute approximate surface area is 151 Å². The van der Waals surface area contributed by atoms with Crippen LogP contribution in [0.4, 0.5) is 24.8 Å². The van der Waals surface area contributed by atoms with Gasteiger partial charge in [0.2, 0.25) is 5.82 Å². The molecule has 0 aliphatic carbocycles. The van der Waals surface area contributed by atoms with Gasteiger partial charge < -0.3 is 4.98 Å². The molecule has 0 saturated heterocycles. The molecular weight excluding hydrogens is 389 g/mol. The summed E-state index contributed by atoms with van der Waals surface area (Å²) in [5.74, 6) is -1.61. The summed E-state index contributed by atoms with van der Waals surface area (Å²) in [4.78, 5) is 9.43. The zero-order valence-corrected chi connectivity index (χ0v) is 14.9. The van der Waals surface area contributed by atoms with Gasteiger partial charge >= 0.3 is 6.18 Å². The van der Waals surface area contributed by atoms with Gasteiger partial charge in [-0.3, -0.25) is 10.7 Å². The van der Waals surface area contributed by atoms with Gasteiger partial charge in [0, 0.05) is 0 Å². The highest BCUT2D eigenvalue weighted by molar-refractivity contribution is 7.91. The topological polar surface area (TPSA) is 124 Å². The van der Waals surface area contributed by atoms with Crippen LogP contribution in [0.5, 0.6) is 0 Å². The Bertz CT molecular complexity index is 1100. The van der Waals surface area contributed by atoms with E-state index in [-0.39, 0.29) is 33.1 Å². The molecule has 3 rings (SSSR count). The van der Waals surface area contributed by atoms with Crippen molar-refractivity contribution < 1.29 is 26.8 Å². The molecule has 3 heterocycles. The average molecular weight is 404 g/mol. The zero-order chi connectivity index (χ0) is 20.0. The fourth-order valence-corrected chi connectivity index (χ4v) is 3.51. The second-order valence-electron chi connectivity index (χ2n) is 5.71. The minimum atomic E-state index is -4.68. The molecule has 13 heteroatoms. The molecule has 0 radical (unpaired) electrons. The number of hydrogen-bond acceptors (Lipinski definition) is 8. The van der Waals surface area contributed by atoms with E-state index in [9.17, 15) is 21.6 Å². The molecule has 0 fully saturated rings. The van der Waals surface area contributed by atoms with Crippen LogP contribution in [0.25, 0.3) is 6.08 Å². The number of pyridine rings is 1. The first kappa shape index (κ1) is 19.1. The van der Waals surface area contributed by atoms with E-state index < -0.39 is 27.9 Å². The lowest BCUT2D eigenvalue weighted by Gasteiger charge is -2.26. The Balaban J connectivity index is 2.21. The first-order chi connectivity index (χ1) is 12.6. The molecule has 1 atom stereocenters.